The summed E-state index contributed by atoms with van der Waals surface area (Å²) in [7, 11) is 0. The van der Waals surface area contributed by atoms with E-state index >= 15 is 0 Å². The van der Waals surface area contributed by atoms with E-state index in [2.05, 4.69) is 22.4 Å². The fourth-order valence-corrected chi connectivity index (χ4v) is 5.08. The summed E-state index contributed by atoms with van der Waals surface area (Å²) in [4.78, 5) is 18.9. The maximum absolute atomic E-state index is 13.8. The van der Waals surface area contributed by atoms with E-state index in [1.807, 2.05) is 69.8 Å². The van der Waals surface area contributed by atoms with Gasteiger partial charge in [-0.15, -0.1) is 0 Å². The van der Waals surface area contributed by atoms with Crippen LogP contribution in [0.3, 0.4) is 0 Å². The van der Waals surface area contributed by atoms with Gasteiger partial charge in [0.15, 0.2) is 5.65 Å². The van der Waals surface area contributed by atoms with Crippen molar-refractivity contribution in [2.75, 3.05) is 5.32 Å². The second kappa shape index (κ2) is 8.93. The molecular formula is C29H30N8O. The van der Waals surface area contributed by atoms with Crippen molar-refractivity contribution < 1.29 is 4.79 Å². The molecule has 4 heterocycles. The molecule has 0 spiro atoms. The van der Waals surface area contributed by atoms with E-state index < -0.39 is 0 Å². The zero-order valence-corrected chi connectivity index (χ0v) is 21.6. The summed E-state index contributed by atoms with van der Waals surface area (Å²) in [6.07, 6.45) is 10.0. The molecule has 0 saturated heterocycles. The van der Waals surface area contributed by atoms with Crippen molar-refractivity contribution in [3.63, 3.8) is 0 Å². The van der Waals surface area contributed by atoms with Gasteiger partial charge in [0.25, 0.3) is 5.91 Å². The first kappa shape index (κ1) is 22.9. The number of aryl methyl sites for hydroxylation is 2. The SMILES string of the molecule is CCn1cc(Cn2cc(NC(=O)c3cc(C4CC4)nc4c3c(C3CC3)nn4-c3ccccc3)cn2)c(C)n1. The molecule has 0 radical (unpaired) electrons. The highest BCUT2D eigenvalue weighted by atomic mass is 16.1. The zero-order chi connectivity index (χ0) is 25.8. The van der Waals surface area contributed by atoms with E-state index in [1.54, 1.807) is 6.20 Å². The molecule has 7 rings (SSSR count). The van der Waals surface area contributed by atoms with Crippen LogP contribution in [0.2, 0.25) is 0 Å². The highest BCUT2D eigenvalue weighted by Gasteiger charge is 2.34. The van der Waals surface area contributed by atoms with Crippen molar-refractivity contribution >= 4 is 22.6 Å². The molecule has 5 aromatic rings. The lowest BCUT2D eigenvalue weighted by Gasteiger charge is -2.09. The molecule has 2 aliphatic carbocycles. The van der Waals surface area contributed by atoms with Gasteiger partial charge in [-0.3, -0.25) is 14.2 Å². The molecule has 9 heteroatoms. The standard InChI is InChI=1S/C29H30N8O/c1-3-35-15-21(18(2)33-35)16-36-17-22(14-30-36)31-29(38)24-13-25(19-9-10-19)32-28-26(24)27(20-11-12-20)34-37(28)23-7-5-4-6-8-23/h4-8,13-15,17,19-20H,3,9-12,16H2,1-2H3,(H,31,38). The van der Waals surface area contributed by atoms with Crippen molar-refractivity contribution in [1.29, 1.82) is 0 Å². The molecule has 1 aromatic carbocycles. The predicted molar refractivity (Wildman–Crippen MR) is 145 cm³/mol. The second-order valence-electron chi connectivity index (χ2n) is 10.5. The van der Waals surface area contributed by atoms with Gasteiger partial charge >= 0.3 is 0 Å². The molecular weight excluding hydrogens is 476 g/mol. The first-order valence-electron chi connectivity index (χ1n) is 13.4. The molecule has 0 unspecified atom stereocenters. The minimum atomic E-state index is -0.150. The number of fused-ring (bicyclic) bond motifs is 1. The quantitative estimate of drug-likeness (QED) is 0.312. The number of carbonyl (C=O) groups excluding carboxylic acids is 1. The van der Waals surface area contributed by atoms with Crippen molar-refractivity contribution in [1.82, 2.24) is 34.3 Å². The lowest BCUT2D eigenvalue weighted by Crippen LogP contribution is -2.13. The third-order valence-corrected chi connectivity index (χ3v) is 7.49. The average molecular weight is 507 g/mol. The number of aromatic nitrogens is 7. The molecule has 0 aliphatic heterocycles. The Morgan fingerprint density at radius 3 is 2.53 bits per heavy atom. The first-order valence-corrected chi connectivity index (χ1v) is 13.4. The topological polar surface area (TPSA) is 95.5 Å². The second-order valence-corrected chi connectivity index (χ2v) is 10.5. The van der Waals surface area contributed by atoms with Crippen LogP contribution in [0.5, 0.6) is 0 Å². The van der Waals surface area contributed by atoms with Crippen LogP contribution >= 0.6 is 0 Å². The van der Waals surface area contributed by atoms with Crippen molar-refractivity contribution in [3.05, 3.63) is 83.2 Å². The van der Waals surface area contributed by atoms with Gasteiger partial charge in [0.1, 0.15) is 0 Å². The van der Waals surface area contributed by atoms with Gasteiger partial charge in [-0.1, -0.05) is 18.2 Å². The van der Waals surface area contributed by atoms with E-state index in [0.717, 1.165) is 71.6 Å². The van der Waals surface area contributed by atoms with Crippen LogP contribution in [0.15, 0.2) is 55.0 Å². The van der Waals surface area contributed by atoms with Crippen molar-refractivity contribution in [3.8, 4) is 5.69 Å². The average Bonchev–Trinajstić information content (AvgIpc) is 3.86. The lowest BCUT2D eigenvalue weighted by atomic mass is 10.0. The van der Waals surface area contributed by atoms with E-state index in [-0.39, 0.29) is 5.91 Å². The summed E-state index contributed by atoms with van der Waals surface area (Å²) in [5.41, 5.74) is 7.09. The molecule has 1 amide bonds. The highest BCUT2D eigenvalue weighted by Crippen LogP contribution is 2.45. The molecule has 9 nitrogen and oxygen atoms in total. The number of pyridine rings is 1. The molecule has 2 aliphatic rings. The molecule has 2 fully saturated rings. The number of amides is 1. The lowest BCUT2D eigenvalue weighted by molar-refractivity contribution is 0.102. The van der Waals surface area contributed by atoms with E-state index in [1.165, 1.54) is 0 Å². The number of hydrogen-bond acceptors (Lipinski definition) is 5. The Morgan fingerprint density at radius 1 is 1.03 bits per heavy atom. The number of carbonyl (C=O) groups is 1. The number of nitrogens with one attached hydrogen (secondary N) is 1. The summed E-state index contributed by atoms with van der Waals surface area (Å²) in [5, 5.41) is 18.0. The molecule has 1 N–H and O–H groups in total. The van der Waals surface area contributed by atoms with Gasteiger partial charge < -0.3 is 5.32 Å². The molecule has 2 saturated carbocycles. The molecule has 0 atom stereocenters. The van der Waals surface area contributed by atoms with Crippen molar-refractivity contribution in [2.24, 2.45) is 0 Å². The minimum absolute atomic E-state index is 0.150. The summed E-state index contributed by atoms with van der Waals surface area (Å²) < 4.78 is 5.68. The number of benzene rings is 1. The van der Waals surface area contributed by atoms with Gasteiger partial charge in [-0.25, -0.2) is 9.67 Å². The van der Waals surface area contributed by atoms with Gasteiger partial charge in [0.05, 0.1) is 46.5 Å². The maximum atomic E-state index is 13.8. The fraction of sp³-hybridized carbons (Fsp3) is 0.345. The Bertz CT molecular complexity index is 1650. The minimum Gasteiger partial charge on any atom is -0.319 e. The fourth-order valence-electron chi connectivity index (χ4n) is 5.08. The highest BCUT2D eigenvalue weighted by molar-refractivity contribution is 6.13. The number of anilines is 1. The smallest absolute Gasteiger partial charge is 0.256 e. The summed E-state index contributed by atoms with van der Waals surface area (Å²) in [6.45, 7) is 5.50. The van der Waals surface area contributed by atoms with Gasteiger partial charge in [-0.05, 0) is 57.7 Å². The van der Waals surface area contributed by atoms with E-state index in [9.17, 15) is 4.79 Å². The molecule has 4 aromatic heterocycles. The van der Waals surface area contributed by atoms with Crippen LogP contribution in [-0.2, 0) is 13.1 Å². The molecule has 38 heavy (non-hydrogen) atoms. The summed E-state index contributed by atoms with van der Waals surface area (Å²) in [6, 6.07) is 12.1. The third-order valence-electron chi connectivity index (χ3n) is 7.49. The van der Waals surface area contributed by atoms with Crippen LogP contribution < -0.4 is 5.32 Å². The van der Waals surface area contributed by atoms with Gasteiger partial charge in [-0.2, -0.15) is 15.3 Å². The third kappa shape index (κ3) is 4.17. The summed E-state index contributed by atoms with van der Waals surface area (Å²) >= 11 is 0. The van der Waals surface area contributed by atoms with Crippen LogP contribution in [-0.4, -0.2) is 40.2 Å². The van der Waals surface area contributed by atoms with Gasteiger partial charge in [0.2, 0.25) is 0 Å². The molecule has 0 bridgehead atoms. The largest absolute Gasteiger partial charge is 0.319 e. The number of hydrogen-bond donors (Lipinski definition) is 1. The van der Waals surface area contributed by atoms with Crippen molar-refractivity contribution in [2.45, 2.75) is 64.5 Å². The summed E-state index contributed by atoms with van der Waals surface area (Å²) in [5.74, 6) is 0.630. The Kier molecular flexibility index (Phi) is 5.38. The van der Waals surface area contributed by atoms with Crippen LogP contribution in [0.1, 0.15) is 77.4 Å². The first-order chi connectivity index (χ1) is 18.6. The predicted octanol–water partition coefficient (Wildman–Crippen LogP) is 5.20. The molecule has 192 valence electrons. The van der Waals surface area contributed by atoms with E-state index in [4.69, 9.17) is 10.1 Å². The van der Waals surface area contributed by atoms with Gasteiger partial charge in [0, 0.05) is 42.0 Å². The van der Waals surface area contributed by atoms with Crippen LogP contribution in [0.25, 0.3) is 16.7 Å². The van der Waals surface area contributed by atoms with Crippen LogP contribution in [0.4, 0.5) is 5.69 Å². The Hall–Kier alpha value is -4.27. The Morgan fingerprint density at radius 2 is 1.82 bits per heavy atom. The zero-order valence-electron chi connectivity index (χ0n) is 21.6. The number of para-hydroxylation sites is 1. The normalized spacial score (nSPS) is 15.3. The maximum Gasteiger partial charge on any atom is 0.256 e. The Balaban J connectivity index is 1.25. The number of nitrogens with zero attached hydrogens (tertiary/aromatic N) is 7. The number of rotatable bonds is 8. The Labute approximate surface area is 220 Å². The van der Waals surface area contributed by atoms with E-state index in [0.29, 0.717) is 29.6 Å². The monoisotopic (exact) mass is 506 g/mol. The van der Waals surface area contributed by atoms with Crippen LogP contribution in [0, 0.1) is 6.92 Å².